The number of halogens is 1. The lowest BCUT2D eigenvalue weighted by atomic mass is 10.1. The Bertz CT molecular complexity index is 952. The van der Waals surface area contributed by atoms with Crippen LogP contribution >= 0.6 is 11.3 Å². The molecule has 0 bridgehead atoms. The Balaban J connectivity index is 1.78. The van der Waals surface area contributed by atoms with Crippen LogP contribution in [0.5, 0.6) is 0 Å². The molecule has 0 spiro atoms. The summed E-state index contributed by atoms with van der Waals surface area (Å²) in [6.07, 6.45) is 1.92. The molecule has 1 unspecified atom stereocenters. The van der Waals surface area contributed by atoms with Crippen LogP contribution in [0.3, 0.4) is 0 Å². The standard InChI is InChI=1S/C18H16FN3O3S/c19-11-5-3-10(4-6-11)14-8-13-16(26-14)15(18(23)24)21-22-17(13)20-12-2-1-7-25-9-12/h3-6,8,12H,1-2,7,9H2,(H,20,22)(H,23,24). The molecule has 26 heavy (non-hydrogen) atoms. The third kappa shape index (κ3) is 3.25. The van der Waals surface area contributed by atoms with Gasteiger partial charge in [-0.05, 0) is 36.6 Å². The fourth-order valence-corrected chi connectivity index (χ4v) is 4.13. The van der Waals surface area contributed by atoms with Gasteiger partial charge in [-0.3, -0.25) is 0 Å². The number of ether oxygens (including phenoxy) is 1. The number of nitrogens with zero attached hydrogens (tertiary/aromatic N) is 2. The van der Waals surface area contributed by atoms with Crippen LogP contribution in [0.1, 0.15) is 23.3 Å². The maximum atomic E-state index is 13.2. The summed E-state index contributed by atoms with van der Waals surface area (Å²) < 4.78 is 19.2. The van der Waals surface area contributed by atoms with Gasteiger partial charge in [-0.1, -0.05) is 12.1 Å². The zero-order chi connectivity index (χ0) is 18.1. The molecule has 8 heteroatoms. The van der Waals surface area contributed by atoms with E-state index in [1.807, 2.05) is 6.07 Å². The van der Waals surface area contributed by atoms with E-state index in [-0.39, 0.29) is 17.6 Å². The largest absolute Gasteiger partial charge is 0.476 e. The number of thiophene rings is 1. The lowest BCUT2D eigenvalue weighted by molar-refractivity contribution is 0.0692. The van der Waals surface area contributed by atoms with Crippen LogP contribution in [0.15, 0.2) is 30.3 Å². The molecule has 6 nitrogen and oxygen atoms in total. The van der Waals surface area contributed by atoms with Gasteiger partial charge in [-0.15, -0.1) is 21.5 Å². The average Bonchev–Trinajstić information content (AvgIpc) is 3.09. The molecule has 1 fully saturated rings. The van der Waals surface area contributed by atoms with Gasteiger partial charge >= 0.3 is 5.97 Å². The van der Waals surface area contributed by atoms with Crippen molar-refractivity contribution in [1.82, 2.24) is 10.2 Å². The predicted octanol–water partition coefficient (Wildman–Crippen LogP) is 3.79. The fraction of sp³-hybridized carbons (Fsp3) is 0.278. The summed E-state index contributed by atoms with van der Waals surface area (Å²) in [5.41, 5.74) is 0.736. The molecule has 3 heterocycles. The fourth-order valence-electron chi connectivity index (χ4n) is 2.99. The number of anilines is 1. The minimum absolute atomic E-state index is 0.0798. The smallest absolute Gasteiger partial charge is 0.357 e. The molecule has 0 aliphatic carbocycles. The minimum Gasteiger partial charge on any atom is -0.476 e. The van der Waals surface area contributed by atoms with E-state index in [0.717, 1.165) is 29.9 Å². The Labute approximate surface area is 152 Å². The molecule has 1 aromatic carbocycles. The zero-order valence-corrected chi connectivity index (χ0v) is 14.6. The van der Waals surface area contributed by atoms with Crippen LogP contribution in [0.25, 0.3) is 20.5 Å². The van der Waals surface area contributed by atoms with Gasteiger partial charge < -0.3 is 15.2 Å². The van der Waals surface area contributed by atoms with Crippen LogP contribution in [-0.4, -0.2) is 40.5 Å². The molecule has 4 rings (SSSR count). The van der Waals surface area contributed by atoms with E-state index in [9.17, 15) is 14.3 Å². The average molecular weight is 373 g/mol. The van der Waals surface area contributed by atoms with Gasteiger partial charge in [0.25, 0.3) is 0 Å². The molecule has 1 aliphatic rings. The summed E-state index contributed by atoms with van der Waals surface area (Å²) in [5, 5.41) is 21.4. The number of hydrogen-bond acceptors (Lipinski definition) is 6. The number of hydrogen-bond donors (Lipinski definition) is 2. The van der Waals surface area contributed by atoms with Crippen molar-refractivity contribution < 1.29 is 19.0 Å². The number of carboxylic acids is 1. The Kier molecular flexibility index (Phi) is 4.52. The Hall–Kier alpha value is -2.58. The van der Waals surface area contributed by atoms with Gasteiger partial charge in [-0.2, -0.15) is 0 Å². The first-order valence-corrected chi connectivity index (χ1v) is 9.07. The summed E-state index contributed by atoms with van der Waals surface area (Å²) in [5.74, 6) is -0.892. The predicted molar refractivity (Wildman–Crippen MR) is 97.2 cm³/mol. The third-order valence-corrected chi connectivity index (χ3v) is 5.48. The van der Waals surface area contributed by atoms with E-state index < -0.39 is 5.97 Å². The van der Waals surface area contributed by atoms with Crippen molar-refractivity contribution in [2.45, 2.75) is 18.9 Å². The molecule has 1 saturated heterocycles. The lowest BCUT2D eigenvalue weighted by Crippen LogP contribution is -2.30. The Morgan fingerprint density at radius 3 is 2.81 bits per heavy atom. The topological polar surface area (TPSA) is 84.3 Å². The molecule has 0 amide bonds. The van der Waals surface area contributed by atoms with Crippen molar-refractivity contribution in [1.29, 1.82) is 0 Å². The number of aromatic carboxylic acids is 1. The summed E-state index contributed by atoms with van der Waals surface area (Å²) in [7, 11) is 0. The second-order valence-corrected chi connectivity index (χ2v) is 7.17. The van der Waals surface area contributed by atoms with Gasteiger partial charge in [0.2, 0.25) is 0 Å². The Morgan fingerprint density at radius 1 is 1.31 bits per heavy atom. The number of carbonyl (C=O) groups is 1. The maximum Gasteiger partial charge on any atom is 0.357 e. The van der Waals surface area contributed by atoms with Crippen molar-refractivity contribution in [3.63, 3.8) is 0 Å². The van der Waals surface area contributed by atoms with Gasteiger partial charge in [0.1, 0.15) is 5.82 Å². The molecule has 1 aliphatic heterocycles. The van der Waals surface area contributed by atoms with Crippen LogP contribution in [0.2, 0.25) is 0 Å². The van der Waals surface area contributed by atoms with Crippen LogP contribution in [0.4, 0.5) is 10.2 Å². The lowest BCUT2D eigenvalue weighted by Gasteiger charge is -2.23. The van der Waals surface area contributed by atoms with E-state index >= 15 is 0 Å². The number of fused-ring (bicyclic) bond motifs is 1. The van der Waals surface area contributed by atoms with E-state index in [1.165, 1.54) is 23.5 Å². The van der Waals surface area contributed by atoms with E-state index in [1.54, 1.807) is 12.1 Å². The molecule has 134 valence electrons. The highest BCUT2D eigenvalue weighted by Crippen LogP contribution is 2.38. The van der Waals surface area contributed by atoms with Crippen LogP contribution in [0, 0.1) is 5.82 Å². The monoisotopic (exact) mass is 373 g/mol. The molecule has 1 atom stereocenters. The van der Waals surface area contributed by atoms with Crippen molar-refractivity contribution in [3.05, 3.63) is 41.8 Å². The number of rotatable bonds is 4. The van der Waals surface area contributed by atoms with Gasteiger partial charge in [0, 0.05) is 16.9 Å². The van der Waals surface area contributed by atoms with Crippen molar-refractivity contribution in [2.24, 2.45) is 0 Å². The van der Waals surface area contributed by atoms with E-state index in [4.69, 9.17) is 4.74 Å². The number of aromatic nitrogens is 2. The third-order valence-electron chi connectivity index (χ3n) is 4.28. The molecule has 3 aromatic rings. The van der Waals surface area contributed by atoms with E-state index in [0.29, 0.717) is 22.5 Å². The number of carboxylic acid groups (broad SMARTS) is 1. The summed E-state index contributed by atoms with van der Waals surface area (Å²) in [4.78, 5) is 12.4. The first-order valence-electron chi connectivity index (χ1n) is 8.25. The second-order valence-electron chi connectivity index (χ2n) is 6.12. The second kappa shape index (κ2) is 6.97. The minimum atomic E-state index is -1.12. The molecule has 2 aromatic heterocycles. The summed E-state index contributed by atoms with van der Waals surface area (Å²) >= 11 is 1.31. The zero-order valence-electron chi connectivity index (χ0n) is 13.7. The Morgan fingerprint density at radius 2 is 2.12 bits per heavy atom. The molecule has 2 N–H and O–H groups in total. The summed E-state index contributed by atoms with van der Waals surface area (Å²) in [6.45, 7) is 1.34. The first-order chi connectivity index (χ1) is 12.6. The molecule has 0 saturated carbocycles. The van der Waals surface area contributed by atoms with Crippen LogP contribution < -0.4 is 5.32 Å². The summed E-state index contributed by atoms with van der Waals surface area (Å²) in [6, 6.07) is 8.10. The van der Waals surface area contributed by atoms with Crippen molar-refractivity contribution in [2.75, 3.05) is 18.5 Å². The highest BCUT2D eigenvalue weighted by Gasteiger charge is 2.21. The number of benzene rings is 1. The quantitative estimate of drug-likeness (QED) is 0.724. The molecular weight excluding hydrogens is 357 g/mol. The highest BCUT2D eigenvalue weighted by atomic mass is 32.1. The van der Waals surface area contributed by atoms with Crippen molar-refractivity contribution in [3.8, 4) is 10.4 Å². The van der Waals surface area contributed by atoms with Gasteiger partial charge in [0.15, 0.2) is 11.5 Å². The first kappa shape index (κ1) is 16.9. The SMILES string of the molecule is O=C(O)c1nnc(NC2CCCOC2)c2cc(-c3ccc(F)cc3)sc12. The van der Waals surface area contributed by atoms with Crippen LogP contribution in [-0.2, 0) is 4.74 Å². The normalized spacial score (nSPS) is 17.3. The van der Waals surface area contributed by atoms with Crippen molar-refractivity contribution >= 4 is 33.2 Å². The molecular formula is C18H16FN3O3S. The van der Waals surface area contributed by atoms with Gasteiger partial charge in [-0.25, -0.2) is 9.18 Å². The highest BCUT2D eigenvalue weighted by molar-refractivity contribution is 7.22. The maximum absolute atomic E-state index is 13.2. The number of nitrogens with one attached hydrogen (secondary N) is 1. The van der Waals surface area contributed by atoms with Gasteiger partial charge in [0.05, 0.1) is 17.3 Å². The van der Waals surface area contributed by atoms with E-state index in [2.05, 4.69) is 15.5 Å². The molecule has 0 radical (unpaired) electrons.